The lowest BCUT2D eigenvalue weighted by atomic mass is 9.93. The Morgan fingerprint density at radius 1 is 1.00 bits per heavy atom. The fourth-order valence-corrected chi connectivity index (χ4v) is 5.36. The zero-order valence-electron chi connectivity index (χ0n) is 20.4. The third kappa shape index (κ3) is 5.59. The van der Waals surface area contributed by atoms with Crippen molar-refractivity contribution in [2.45, 2.75) is 39.0 Å². The second-order valence-corrected chi connectivity index (χ2v) is 10.1. The molecule has 1 aromatic carbocycles. The van der Waals surface area contributed by atoms with Crippen LogP contribution in [0.15, 0.2) is 36.4 Å². The maximum atomic E-state index is 12.8. The van der Waals surface area contributed by atoms with Gasteiger partial charge in [-0.2, -0.15) is 4.52 Å². The summed E-state index contributed by atoms with van der Waals surface area (Å²) in [7, 11) is 0. The predicted octanol–water partition coefficient (Wildman–Crippen LogP) is 3.90. The van der Waals surface area contributed by atoms with Gasteiger partial charge in [0.15, 0.2) is 11.5 Å². The molecule has 186 valence electrons. The van der Waals surface area contributed by atoms with Crippen molar-refractivity contribution in [3.05, 3.63) is 41.4 Å². The Kier molecular flexibility index (Phi) is 7.48. The number of nitrogens with one attached hydrogen (secondary N) is 1. The second-order valence-electron chi connectivity index (χ2n) is 9.71. The number of hydrogen-bond acceptors (Lipinski definition) is 6. The Labute approximate surface area is 211 Å². The number of hydrogen-bond donors (Lipinski definition) is 1. The summed E-state index contributed by atoms with van der Waals surface area (Å²) in [5, 5.41) is 17.3. The van der Waals surface area contributed by atoms with Crippen LogP contribution in [0.25, 0.3) is 17.0 Å². The first kappa shape index (κ1) is 24.0. The van der Waals surface area contributed by atoms with E-state index in [1.165, 1.54) is 25.9 Å². The molecule has 0 saturated carbocycles. The summed E-state index contributed by atoms with van der Waals surface area (Å²) in [6.07, 6.45) is 5.29. The second kappa shape index (κ2) is 10.9. The number of carbonyl (C=O) groups is 1. The average Bonchev–Trinajstić information content (AvgIpc) is 3.33. The van der Waals surface area contributed by atoms with Gasteiger partial charge in [0.05, 0.1) is 0 Å². The van der Waals surface area contributed by atoms with Gasteiger partial charge in [0, 0.05) is 36.1 Å². The normalized spacial score (nSPS) is 18.3. The fourth-order valence-electron chi connectivity index (χ4n) is 5.23. The zero-order valence-corrected chi connectivity index (χ0v) is 21.1. The third-order valence-corrected chi connectivity index (χ3v) is 7.80. The van der Waals surface area contributed by atoms with Crippen LogP contribution >= 0.6 is 11.6 Å². The standard InChI is InChI=1S/C26H34ClN7O/c1-2-32-15-10-19(11-16-32)9-14-28-26(35)21-12-17-33(18-13-21)24-8-7-23-29-30-25(34(23)31-24)20-3-5-22(27)6-4-20/h3-8,19,21H,2,9-18H2,1H3,(H,28,35). The van der Waals surface area contributed by atoms with Gasteiger partial charge in [-0.3, -0.25) is 4.79 Å². The van der Waals surface area contributed by atoms with Gasteiger partial charge < -0.3 is 15.1 Å². The molecule has 35 heavy (non-hydrogen) atoms. The molecule has 5 rings (SSSR count). The van der Waals surface area contributed by atoms with Crippen molar-refractivity contribution in [1.82, 2.24) is 30.0 Å². The first-order chi connectivity index (χ1) is 17.1. The van der Waals surface area contributed by atoms with Crippen molar-refractivity contribution in [2.75, 3.05) is 44.2 Å². The molecule has 2 fully saturated rings. The molecule has 2 aliphatic rings. The van der Waals surface area contributed by atoms with Crippen LogP contribution in [0, 0.1) is 11.8 Å². The Bertz CT molecular complexity index is 1130. The minimum atomic E-state index is 0.0801. The van der Waals surface area contributed by atoms with Crippen LogP contribution in [0.2, 0.25) is 5.02 Å². The number of benzene rings is 1. The number of likely N-dealkylation sites (tertiary alicyclic amines) is 1. The number of nitrogens with zero attached hydrogens (tertiary/aromatic N) is 6. The lowest BCUT2D eigenvalue weighted by molar-refractivity contribution is -0.125. The highest BCUT2D eigenvalue weighted by Crippen LogP contribution is 2.25. The fraction of sp³-hybridized carbons (Fsp3) is 0.538. The van der Waals surface area contributed by atoms with Crippen molar-refractivity contribution in [1.29, 1.82) is 0 Å². The molecule has 0 unspecified atom stereocenters. The van der Waals surface area contributed by atoms with E-state index in [2.05, 4.69) is 32.2 Å². The Morgan fingerprint density at radius 2 is 1.74 bits per heavy atom. The van der Waals surface area contributed by atoms with Crippen LogP contribution in [0.3, 0.4) is 0 Å². The molecule has 8 nitrogen and oxygen atoms in total. The quantitative estimate of drug-likeness (QED) is 0.535. The van der Waals surface area contributed by atoms with E-state index in [1.807, 2.05) is 36.4 Å². The van der Waals surface area contributed by atoms with E-state index < -0.39 is 0 Å². The van der Waals surface area contributed by atoms with E-state index in [0.717, 1.165) is 62.7 Å². The predicted molar refractivity (Wildman–Crippen MR) is 139 cm³/mol. The lowest BCUT2D eigenvalue weighted by Gasteiger charge is -2.32. The molecular weight excluding hydrogens is 462 g/mol. The molecule has 0 spiro atoms. The van der Waals surface area contributed by atoms with Crippen LogP contribution in [0.5, 0.6) is 0 Å². The van der Waals surface area contributed by atoms with Crippen LogP contribution in [-0.4, -0.2) is 69.9 Å². The van der Waals surface area contributed by atoms with Gasteiger partial charge in [0.25, 0.3) is 0 Å². The molecule has 0 atom stereocenters. The van der Waals surface area contributed by atoms with Crippen molar-refractivity contribution < 1.29 is 4.79 Å². The molecule has 3 aromatic rings. The van der Waals surface area contributed by atoms with Gasteiger partial charge >= 0.3 is 0 Å². The summed E-state index contributed by atoms with van der Waals surface area (Å²) in [4.78, 5) is 17.5. The topological polar surface area (TPSA) is 78.7 Å². The molecule has 0 radical (unpaired) electrons. The molecule has 1 N–H and O–H groups in total. The maximum absolute atomic E-state index is 12.8. The van der Waals surface area contributed by atoms with Gasteiger partial charge in [0.1, 0.15) is 5.82 Å². The van der Waals surface area contributed by atoms with Crippen LogP contribution in [0.4, 0.5) is 5.82 Å². The van der Waals surface area contributed by atoms with Crippen LogP contribution in [0.1, 0.15) is 39.0 Å². The Hall–Kier alpha value is -2.71. The molecular formula is C26H34ClN7O. The Morgan fingerprint density at radius 3 is 2.46 bits per heavy atom. The molecule has 2 aromatic heterocycles. The molecule has 0 bridgehead atoms. The van der Waals surface area contributed by atoms with Crippen molar-refractivity contribution >= 4 is 29.0 Å². The highest BCUT2D eigenvalue weighted by atomic mass is 35.5. The smallest absolute Gasteiger partial charge is 0.223 e. The highest BCUT2D eigenvalue weighted by molar-refractivity contribution is 6.30. The summed E-state index contributed by atoms with van der Waals surface area (Å²) in [6.45, 7) is 8.19. The van der Waals surface area contributed by atoms with Crippen molar-refractivity contribution in [3.8, 4) is 11.4 Å². The molecule has 0 aliphatic carbocycles. The largest absolute Gasteiger partial charge is 0.356 e. The molecule has 2 saturated heterocycles. The van der Waals surface area contributed by atoms with Gasteiger partial charge in [-0.15, -0.1) is 15.3 Å². The number of piperidine rings is 2. The summed E-state index contributed by atoms with van der Waals surface area (Å²) in [5.41, 5.74) is 1.62. The van der Waals surface area contributed by atoms with E-state index in [0.29, 0.717) is 16.5 Å². The number of amides is 1. The maximum Gasteiger partial charge on any atom is 0.223 e. The summed E-state index contributed by atoms with van der Waals surface area (Å²) < 4.78 is 1.78. The van der Waals surface area contributed by atoms with Gasteiger partial charge in [0.2, 0.25) is 5.91 Å². The summed E-state index contributed by atoms with van der Waals surface area (Å²) in [5.74, 6) is 2.61. The van der Waals surface area contributed by atoms with Gasteiger partial charge in [-0.25, -0.2) is 0 Å². The summed E-state index contributed by atoms with van der Waals surface area (Å²) in [6, 6.07) is 11.5. The number of carbonyl (C=O) groups excluding carboxylic acids is 1. The minimum absolute atomic E-state index is 0.0801. The first-order valence-corrected chi connectivity index (χ1v) is 13.2. The average molecular weight is 496 g/mol. The number of halogens is 1. The first-order valence-electron chi connectivity index (χ1n) is 12.8. The summed E-state index contributed by atoms with van der Waals surface area (Å²) >= 11 is 6.03. The van der Waals surface area contributed by atoms with E-state index in [9.17, 15) is 4.79 Å². The van der Waals surface area contributed by atoms with Crippen LogP contribution in [-0.2, 0) is 4.79 Å². The molecule has 9 heteroatoms. The van der Waals surface area contributed by atoms with E-state index >= 15 is 0 Å². The minimum Gasteiger partial charge on any atom is -0.356 e. The SMILES string of the molecule is CCN1CCC(CCNC(=O)C2CCN(c3ccc4nnc(-c5ccc(Cl)cc5)n4n3)CC2)CC1. The van der Waals surface area contributed by atoms with Crippen molar-refractivity contribution in [2.24, 2.45) is 11.8 Å². The molecule has 2 aliphatic heterocycles. The monoisotopic (exact) mass is 495 g/mol. The number of fused-ring (bicyclic) bond motifs is 1. The number of anilines is 1. The number of aromatic nitrogens is 4. The Balaban J connectivity index is 1.14. The van der Waals surface area contributed by atoms with Crippen molar-refractivity contribution in [3.63, 3.8) is 0 Å². The van der Waals surface area contributed by atoms with Gasteiger partial charge in [-0.1, -0.05) is 18.5 Å². The van der Waals surface area contributed by atoms with Gasteiger partial charge in [-0.05, 0) is 94.1 Å². The van der Waals surface area contributed by atoms with E-state index in [-0.39, 0.29) is 11.8 Å². The third-order valence-electron chi connectivity index (χ3n) is 7.55. The van der Waals surface area contributed by atoms with E-state index in [4.69, 9.17) is 16.7 Å². The number of rotatable bonds is 7. The lowest BCUT2D eigenvalue weighted by Crippen LogP contribution is -2.41. The molecule has 1 amide bonds. The highest BCUT2D eigenvalue weighted by Gasteiger charge is 2.26. The molecule has 4 heterocycles. The van der Waals surface area contributed by atoms with Crippen LogP contribution < -0.4 is 10.2 Å². The zero-order chi connectivity index (χ0) is 24.2. The van der Waals surface area contributed by atoms with E-state index in [1.54, 1.807) is 4.52 Å².